The predicted octanol–water partition coefficient (Wildman–Crippen LogP) is 2.50. The van der Waals surface area contributed by atoms with Gasteiger partial charge in [0.05, 0.1) is 11.0 Å². The number of ether oxygens (including phenoxy) is 1. The first-order chi connectivity index (χ1) is 13.1. The molecule has 154 valence electrons. The Hall–Kier alpha value is -2.91. The summed E-state index contributed by atoms with van der Waals surface area (Å²) in [5.74, 6) is -0.434. The second-order valence-corrected chi connectivity index (χ2v) is 7.53. The van der Waals surface area contributed by atoms with Gasteiger partial charge in [-0.2, -0.15) is 0 Å². The van der Waals surface area contributed by atoms with Gasteiger partial charge in [-0.25, -0.2) is 9.18 Å². The van der Waals surface area contributed by atoms with Crippen molar-refractivity contribution in [3.63, 3.8) is 0 Å². The summed E-state index contributed by atoms with van der Waals surface area (Å²) in [5, 5.41) is 16.4. The van der Waals surface area contributed by atoms with Crippen molar-refractivity contribution in [1.82, 2.24) is 10.2 Å². The maximum atomic E-state index is 13.4. The molecule has 0 bridgehead atoms. The third-order valence-electron chi connectivity index (χ3n) is 4.20. The van der Waals surface area contributed by atoms with Crippen LogP contribution in [0.1, 0.15) is 36.7 Å². The number of hydrogen-bond donors (Lipinski definition) is 2. The second kappa shape index (κ2) is 8.41. The number of benzene rings is 1. The van der Waals surface area contributed by atoms with Crippen LogP contribution >= 0.6 is 0 Å². The van der Waals surface area contributed by atoms with Crippen LogP contribution in [0.2, 0.25) is 0 Å². The van der Waals surface area contributed by atoms with Crippen LogP contribution in [0.3, 0.4) is 0 Å². The largest absolute Gasteiger partial charge is 0.444 e. The fourth-order valence-electron chi connectivity index (χ4n) is 2.97. The van der Waals surface area contributed by atoms with Crippen LogP contribution in [0.5, 0.6) is 0 Å². The van der Waals surface area contributed by atoms with E-state index in [1.807, 2.05) is 0 Å². The molecule has 0 radical (unpaired) electrons. The number of anilines is 1. The topological polar surface area (TPSA) is 114 Å². The molecular formula is C18H25FN4O5. The van der Waals surface area contributed by atoms with E-state index in [9.17, 15) is 24.1 Å². The van der Waals surface area contributed by atoms with Crippen LogP contribution in [0.25, 0.3) is 0 Å². The Morgan fingerprint density at radius 2 is 2.11 bits per heavy atom. The number of halogens is 1. The minimum Gasteiger partial charge on any atom is -0.444 e. The first-order valence-corrected chi connectivity index (χ1v) is 8.89. The lowest BCUT2D eigenvalue weighted by molar-refractivity contribution is -0.384. The molecular weight excluding hydrogens is 371 g/mol. The van der Waals surface area contributed by atoms with Crippen molar-refractivity contribution in [3.05, 3.63) is 33.4 Å². The molecule has 2 N–H and O–H groups in total. The molecule has 1 aliphatic heterocycles. The summed E-state index contributed by atoms with van der Waals surface area (Å²) in [6, 6.07) is 1.89. The minimum atomic E-state index is -0.938. The average Bonchev–Trinajstić information content (AvgIpc) is 2.60. The Balaban J connectivity index is 2.15. The van der Waals surface area contributed by atoms with E-state index in [4.69, 9.17) is 4.74 Å². The van der Waals surface area contributed by atoms with Gasteiger partial charge in [-0.05, 0) is 38.8 Å². The van der Waals surface area contributed by atoms with E-state index < -0.39 is 35.2 Å². The molecule has 1 heterocycles. The Kier molecular flexibility index (Phi) is 6.42. The summed E-state index contributed by atoms with van der Waals surface area (Å²) in [6.07, 6.45) is -0.298. The molecule has 0 aliphatic carbocycles. The summed E-state index contributed by atoms with van der Waals surface area (Å²) in [6.45, 7) is 4.45. The molecule has 0 fully saturated rings. The van der Waals surface area contributed by atoms with Gasteiger partial charge in [0.15, 0.2) is 0 Å². The molecule has 2 rings (SSSR count). The molecule has 9 nitrogen and oxygen atoms in total. The maximum absolute atomic E-state index is 13.4. The van der Waals surface area contributed by atoms with Gasteiger partial charge in [0.25, 0.3) is 11.6 Å². The lowest BCUT2D eigenvalue weighted by Crippen LogP contribution is -2.50. The third kappa shape index (κ3) is 5.08. The van der Waals surface area contributed by atoms with E-state index in [0.29, 0.717) is 24.2 Å². The number of rotatable bonds is 6. The van der Waals surface area contributed by atoms with E-state index in [2.05, 4.69) is 10.6 Å². The molecule has 1 unspecified atom stereocenters. The number of alkyl carbamates (subject to hydrolysis) is 1. The van der Waals surface area contributed by atoms with Gasteiger partial charge in [0.2, 0.25) is 0 Å². The number of nitro benzene ring substituents is 1. The molecule has 0 saturated carbocycles. The van der Waals surface area contributed by atoms with Crippen molar-refractivity contribution >= 4 is 23.4 Å². The van der Waals surface area contributed by atoms with Crippen LogP contribution in [-0.4, -0.2) is 60.3 Å². The summed E-state index contributed by atoms with van der Waals surface area (Å²) >= 11 is 0. The lowest BCUT2D eigenvalue weighted by Gasteiger charge is -2.31. The van der Waals surface area contributed by atoms with Crippen molar-refractivity contribution in [2.75, 3.05) is 32.1 Å². The molecule has 1 aliphatic rings. The maximum Gasteiger partial charge on any atom is 0.408 e. The summed E-state index contributed by atoms with van der Waals surface area (Å²) in [4.78, 5) is 36.7. The first-order valence-electron chi connectivity index (χ1n) is 8.89. The van der Waals surface area contributed by atoms with Crippen molar-refractivity contribution in [2.24, 2.45) is 0 Å². The van der Waals surface area contributed by atoms with Crippen molar-refractivity contribution in [1.29, 1.82) is 0 Å². The van der Waals surface area contributed by atoms with Crippen LogP contribution in [-0.2, 0) is 11.2 Å². The van der Waals surface area contributed by atoms with E-state index in [1.54, 1.807) is 33.9 Å². The van der Waals surface area contributed by atoms with E-state index >= 15 is 0 Å². The number of hydrogen-bond acceptors (Lipinski definition) is 6. The van der Waals surface area contributed by atoms with Gasteiger partial charge in [-0.3, -0.25) is 14.9 Å². The number of nitro groups is 1. The van der Waals surface area contributed by atoms with Gasteiger partial charge in [-0.1, -0.05) is 0 Å². The molecule has 0 spiro atoms. The summed E-state index contributed by atoms with van der Waals surface area (Å²) in [7, 11) is 1.57. The monoisotopic (exact) mass is 396 g/mol. The van der Waals surface area contributed by atoms with E-state index in [-0.39, 0.29) is 17.8 Å². The Morgan fingerprint density at radius 1 is 1.43 bits per heavy atom. The zero-order valence-corrected chi connectivity index (χ0v) is 16.4. The molecule has 1 atom stereocenters. The highest BCUT2D eigenvalue weighted by atomic mass is 19.1. The van der Waals surface area contributed by atoms with Gasteiger partial charge in [0, 0.05) is 31.8 Å². The second-order valence-electron chi connectivity index (χ2n) is 7.53. The molecule has 0 aromatic heterocycles. The smallest absolute Gasteiger partial charge is 0.408 e. The Bertz CT molecular complexity index is 778. The molecule has 1 aromatic rings. The number of fused-ring (bicyclic) bond motifs is 1. The fourth-order valence-corrected chi connectivity index (χ4v) is 2.97. The van der Waals surface area contributed by atoms with Crippen LogP contribution in [0, 0.1) is 10.1 Å². The molecule has 0 saturated heterocycles. The Morgan fingerprint density at radius 3 is 2.64 bits per heavy atom. The van der Waals surface area contributed by atoms with Gasteiger partial charge in [0.1, 0.15) is 18.0 Å². The fraction of sp³-hybridized carbons (Fsp3) is 0.556. The quantitative estimate of drug-likeness (QED) is 0.564. The number of carbonyl (C=O) groups is 2. The number of nitrogens with one attached hydrogen (secondary N) is 2. The zero-order chi connectivity index (χ0) is 21.1. The van der Waals surface area contributed by atoms with E-state index in [0.717, 1.165) is 0 Å². The van der Waals surface area contributed by atoms with Crippen LogP contribution in [0.4, 0.5) is 20.6 Å². The number of nitrogens with zero attached hydrogens (tertiary/aromatic N) is 2. The van der Waals surface area contributed by atoms with Crippen molar-refractivity contribution in [2.45, 2.75) is 38.8 Å². The van der Waals surface area contributed by atoms with Crippen LogP contribution < -0.4 is 10.6 Å². The molecule has 28 heavy (non-hydrogen) atoms. The first kappa shape index (κ1) is 21.4. The van der Waals surface area contributed by atoms with Gasteiger partial charge in [-0.15, -0.1) is 0 Å². The lowest BCUT2D eigenvalue weighted by atomic mass is 9.97. The zero-order valence-electron chi connectivity index (χ0n) is 16.4. The summed E-state index contributed by atoms with van der Waals surface area (Å²) in [5.41, 5.74) is 0.304. The summed E-state index contributed by atoms with van der Waals surface area (Å²) < 4.78 is 18.5. The third-order valence-corrected chi connectivity index (χ3v) is 4.20. The molecule has 2 amide bonds. The van der Waals surface area contributed by atoms with Crippen molar-refractivity contribution in [3.8, 4) is 0 Å². The minimum absolute atomic E-state index is 0.0599. The van der Waals surface area contributed by atoms with Gasteiger partial charge < -0.3 is 20.3 Å². The molecule has 10 heteroatoms. The number of amides is 2. The van der Waals surface area contributed by atoms with Gasteiger partial charge >= 0.3 is 6.09 Å². The molecule has 1 aromatic carbocycles. The van der Waals surface area contributed by atoms with E-state index in [1.165, 1.54) is 11.0 Å². The Labute approximate surface area is 162 Å². The highest BCUT2D eigenvalue weighted by Gasteiger charge is 2.30. The van der Waals surface area contributed by atoms with Crippen molar-refractivity contribution < 1.29 is 23.6 Å². The predicted molar refractivity (Wildman–Crippen MR) is 101 cm³/mol. The number of carbonyl (C=O) groups excluding carboxylic acids is 2. The highest BCUT2D eigenvalue weighted by Crippen LogP contribution is 2.31. The normalized spacial score (nSPS) is 14.9. The SMILES string of the molecule is CNc1cc2c(cc1[N+](=O)[O-])C(=O)N(CC(CF)NC(=O)OC(C)(C)C)CC2. The van der Waals surface area contributed by atoms with Crippen LogP contribution in [0.15, 0.2) is 12.1 Å². The average molecular weight is 396 g/mol. The number of alkyl halides is 1. The standard InChI is InChI=1S/C18H25FN4O5/c1-18(2,3)28-17(25)21-12(9-19)10-22-6-5-11-7-14(20-4)15(23(26)27)8-13(11)16(22)24/h7-8,12,20H,5-6,9-10H2,1-4H3,(H,21,25). The highest BCUT2D eigenvalue weighted by molar-refractivity contribution is 5.98.